The van der Waals surface area contributed by atoms with Gasteiger partial charge >= 0.3 is 0 Å². The van der Waals surface area contributed by atoms with Crippen LogP contribution in [-0.4, -0.2) is 34.0 Å². The van der Waals surface area contributed by atoms with E-state index in [1.807, 2.05) is 12.1 Å². The standard InChI is InChI=1S/C20H15Cl4N3O2/c21-13-3-1-11(2-4-13)18-25-19(29-26-18)12-5-7-27(8-6-12)20(28)17-15(23)9-14(22)10-16(17)24/h1-4,9-10,12H,5-8H2. The molecule has 9 heteroatoms. The van der Waals surface area contributed by atoms with Crippen LogP contribution in [0.3, 0.4) is 0 Å². The highest BCUT2D eigenvalue weighted by molar-refractivity contribution is 6.42. The second kappa shape index (κ2) is 8.52. The largest absolute Gasteiger partial charge is 0.339 e. The highest BCUT2D eigenvalue weighted by atomic mass is 35.5. The normalized spacial score (nSPS) is 15.0. The van der Waals surface area contributed by atoms with Crippen LogP contribution in [0, 0.1) is 0 Å². The van der Waals surface area contributed by atoms with Crippen molar-refractivity contribution in [2.75, 3.05) is 13.1 Å². The number of hydrogen-bond acceptors (Lipinski definition) is 4. The lowest BCUT2D eigenvalue weighted by molar-refractivity contribution is 0.0705. The summed E-state index contributed by atoms with van der Waals surface area (Å²) in [7, 11) is 0. The van der Waals surface area contributed by atoms with Gasteiger partial charge in [-0.15, -0.1) is 0 Å². The van der Waals surface area contributed by atoms with Crippen molar-refractivity contribution in [1.29, 1.82) is 0 Å². The molecule has 29 heavy (non-hydrogen) atoms. The lowest BCUT2D eigenvalue weighted by Gasteiger charge is -2.30. The fourth-order valence-corrected chi connectivity index (χ4v) is 4.46. The van der Waals surface area contributed by atoms with Crippen LogP contribution in [0.15, 0.2) is 40.9 Å². The summed E-state index contributed by atoms with van der Waals surface area (Å²) in [4.78, 5) is 19.1. The molecule has 0 unspecified atom stereocenters. The molecule has 0 aliphatic carbocycles. The number of hydrogen-bond donors (Lipinski definition) is 0. The van der Waals surface area contributed by atoms with Crippen molar-refractivity contribution in [2.24, 2.45) is 0 Å². The van der Waals surface area contributed by atoms with Crippen LogP contribution in [0.2, 0.25) is 20.1 Å². The Bertz CT molecular complexity index is 1020. The minimum atomic E-state index is -0.206. The number of benzene rings is 2. The first-order valence-electron chi connectivity index (χ1n) is 8.95. The maximum atomic E-state index is 12.9. The molecule has 3 aromatic rings. The predicted octanol–water partition coefficient (Wildman–Crippen LogP) is 6.37. The number of halogens is 4. The summed E-state index contributed by atoms with van der Waals surface area (Å²) in [5.41, 5.74) is 1.11. The maximum Gasteiger partial charge on any atom is 0.256 e. The average Bonchev–Trinajstić information content (AvgIpc) is 3.18. The van der Waals surface area contributed by atoms with Gasteiger partial charge in [-0.25, -0.2) is 0 Å². The van der Waals surface area contributed by atoms with Crippen LogP contribution < -0.4 is 0 Å². The predicted molar refractivity (Wildman–Crippen MR) is 114 cm³/mol. The Morgan fingerprint density at radius 2 is 1.59 bits per heavy atom. The van der Waals surface area contributed by atoms with E-state index in [4.69, 9.17) is 50.9 Å². The second-order valence-electron chi connectivity index (χ2n) is 6.77. The molecule has 1 aromatic heterocycles. The molecule has 0 radical (unpaired) electrons. The van der Waals surface area contributed by atoms with Crippen LogP contribution >= 0.6 is 46.4 Å². The van der Waals surface area contributed by atoms with Crippen molar-refractivity contribution in [2.45, 2.75) is 18.8 Å². The molecule has 0 atom stereocenters. The first-order chi connectivity index (χ1) is 13.9. The van der Waals surface area contributed by atoms with Gasteiger partial charge in [0.15, 0.2) is 0 Å². The molecule has 4 rings (SSSR count). The molecule has 2 heterocycles. The lowest BCUT2D eigenvalue weighted by atomic mass is 9.96. The number of carbonyl (C=O) groups excluding carboxylic acids is 1. The van der Waals surface area contributed by atoms with E-state index in [9.17, 15) is 4.79 Å². The van der Waals surface area contributed by atoms with Gasteiger partial charge in [0.05, 0.1) is 15.6 Å². The van der Waals surface area contributed by atoms with E-state index < -0.39 is 0 Å². The molecular weight excluding hydrogens is 456 g/mol. The number of likely N-dealkylation sites (tertiary alicyclic amines) is 1. The minimum Gasteiger partial charge on any atom is -0.339 e. The molecule has 1 saturated heterocycles. The third-order valence-electron chi connectivity index (χ3n) is 4.90. The van der Waals surface area contributed by atoms with E-state index in [0.717, 1.165) is 5.56 Å². The van der Waals surface area contributed by atoms with Gasteiger partial charge in [-0.05, 0) is 49.2 Å². The number of aromatic nitrogens is 2. The number of nitrogens with zero attached hydrogens (tertiary/aromatic N) is 3. The van der Waals surface area contributed by atoms with Crippen LogP contribution in [0.1, 0.15) is 35.0 Å². The summed E-state index contributed by atoms with van der Waals surface area (Å²) in [6.45, 7) is 1.08. The number of rotatable bonds is 3. The van der Waals surface area contributed by atoms with E-state index >= 15 is 0 Å². The van der Waals surface area contributed by atoms with Gasteiger partial charge in [0, 0.05) is 34.6 Å². The highest BCUT2D eigenvalue weighted by Gasteiger charge is 2.30. The molecule has 0 saturated carbocycles. The Kier molecular flexibility index (Phi) is 6.02. The van der Waals surface area contributed by atoms with Gasteiger partial charge in [0.2, 0.25) is 11.7 Å². The monoisotopic (exact) mass is 469 g/mol. The molecule has 0 bridgehead atoms. The maximum absolute atomic E-state index is 12.9. The Morgan fingerprint density at radius 3 is 2.21 bits per heavy atom. The molecule has 5 nitrogen and oxygen atoms in total. The Hall–Kier alpha value is -1.79. The Balaban J connectivity index is 1.44. The zero-order chi connectivity index (χ0) is 20.5. The first kappa shape index (κ1) is 20.5. The molecule has 1 aliphatic heterocycles. The van der Waals surface area contributed by atoms with Gasteiger partial charge in [0.1, 0.15) is 0 Å². The third kappa shape index (κ3) is 4.38. The van der Waals surface area contributed by atoms with Crippen molar-refractivity contribution < 1.29 is 9.32 Å². The summed E-state index contributed by atoms with van der Waals surface area (Å²) in [6.07, 6.45) is 1.41. The van der Waals surface area contributed by atoms with Crippen molar-refractivity contribution in [3.05, 3.63) is 67.9 Å². The number of amides is 1. The summed E-state index contributed by atoms with van der Waals surface area (Å²) >= 11 is 24.2. The van der Waals surface area contributed by atoms with E-state index in [1.54, 1.807) is 17.0 Å². The number of piperidine rings is 1. The Labute approximate surface area is 187 Å². The zero-order valence-electron chi connectivity index (χ0n) is 15.0. The summed E-state index contributed by atoms with van der Waals surface area (Å²) in [6, 6.07) is 10.3. The fraction of sp³-hybridized carbons (Fsp3) is 0.250. The SMILES string of the molecule is O=C(c1c(Cl)cc(Cl)cc1Cl)N1CCC(c2nc(-c3ccc(Cl)cc3)no2)CC1. The van der Waals surface area contributed by atoms with E-state index in [2.05, 4.69) is 10.1 Å². The van der Waals surface area contributed by atoms with Crippen LogP contribution in [0.4, 0.5) is 0 Å². The minimum absolute atomic E-state index is 0.0868. The zero-order valence-corrected chi connectivity index (χ0v) is 18.1. The van der Waals surface area contributed by atoms with E-state index in [0.29, 0.717) is 47.7 Å². The first-order valence-corrected chi connectivity index (χ1v) is 10.5. The van der Waals surface area contributed by atoms with E-state index in [-0.39, 0.29) is 27.4 Å². The fourth-order valence-electron chi connectivity index (χ4n) is 3.35. The van der Waals surface area contributed by atoms with Gasteiger partial charge in [0.25, 0.3) is 5.91 Å². The van der Waals surface area contributed by atoms with Crippen LogP contribution in [0.25, 0.3) is 11.4 Å². The summed E-state index contributed by atoms with van der Waals surface area (Å²) in [5.74, 6) is 0.978. The molecule has 150 valence electrons. The molecule has 1 amide bonds. The topological polar surface area (TPSA) is 59.2 Å². The molecule has 0 N–H and O–H groups in total. The van der Waals surface area contributed by atoms with E-state index in [1.165, 1.54) is 12.1 Å². The highest BCUT2D eigenvalue weighted by Crippen LogP contribution is 2.33. The molecule has 0 spiro atoms. The van der Waals surface area contributed by atoms with Crippen molar-refractivity contribution in [1.82, 2.24) is 15.0 Å². The number of carbonyl (C=O) groups is 1. The van der Waals surface area contributed by atoms with Gasteiger partial charge < -0.3 is 9.42 Å². The average molecular weight is 471 g/mol. The summed E-state index contributed by atoms with van der Waals surface area (Å²) in [5, 5.41) is 5.61. The van der Waals surface area contributed by atoms with Gasteiger partial charge in [-0.3, -0.25) is 4.79 Å². The molecule has 2 aromatic carbocycles. The lowest BCUT2D eigenvalue weighted by Crippen LogP contribution is -2.38. The van der Waals surface area contributed by atoms with Gasteiger partial charge in [-0.2, -0.15) is 4.98 Å². The van der Waals surface area contributed by atoms with Gasteiger partial charge in [-0.1, -0.05) is 51.6 Å². The third-order valence-corrected chi connectivity index (χ3v) is 5.96. The molecular formula is C20H15Cl4N3O2. The summed E-state index contributed by atoms with van der Waals surface area (Å²) < 4.78 is 5.47. The van der Waals surface area contributed by atoms with Crippen molar-refractivity contribution in [3.63, 3.8) is 0 Å². The smallest absolute Gasteiger partial charge is 0.256 e. The van der Waals surface area contributed by atoms with Crippen LogP contribution in [-0.2, 0) is 0 Å². The Morgan fingerprint density at radius 1 is 0.966 bits per heavy atom. The van der Waals surface area contributed by atoms with Crippen molar-refractivity contribution >= 4 is 52.3 Å². The molecule has 1 fully saturated rings. The van der Waals surface area contributed by atoms with Crippen LogP contribution in [0.5, 0.6) is 0 Å². The second-order valence-corrected chi connectivity index (χ2v) is 8.46. The van der Waals surface area contributed by atoms with Crippen molar-refractivity contribution in [3.8, 4) is 11.4 Å². The molecule has 1 aliphatic rings. The quantitative estimate of drug-likeness (QED) is 0.446.